The van der Waals surface area contributed by atoms with E-state index in [9.17, 15) is 14.4 Å². The highest BCUT2D eigenvalue weighted by Crippen LogP contribution is 2.51. The summed E-state index contributed by atoms with van der Waals surface area (Å²) < 4.78 is 15.5. The van der Waals surface area contributed by atoms with Crippen LogP contribution < -0.4 is 5.32 Å². The van der Waals surface area contributed by atoms with Crippen molar-refractivity contribution in [3.8, 4) is 0 Å². The van der Waals surface area contributed by atoms with Crippen molar-refractivity contribution >= 4 is 29.2 Å². The van der Waals surface area contributed by atoms with Gasteiger partial charge in [0.2, 0.25) is 0 Å². The van der Waals surface area contributed by atoms with Crippen molar-refractivity contribution in [1.29, 1.82) is 0 Å². The van der Waals surface area contributed by atoms with Crippen LogP contribution in [-0.2, 0) is 40.4 Å². The number of allylic oxidation sites excluding steroid dienone is 1. The highest BCUT2D eigenvalue weighted by molar-refractivity contribution is 7.09. The van der Waals surface area contributed by atoms with Gasteiger partial charge in [-0.1, -0.05) is 30.3 Å². The molecule has 0 bridgehead atoms. The number of hydrogen-bond acceptors (Lipinski definition) is 9. The first-order valence-corrected chi connectivity index (χ1v) is 11.5. The molecule has 3 atom stereocenters. The molecule has 0 fully saturated rings. The summed E-state index contributed by atoms with van der Waals surface area (Å²) in [5, 5.41) is 5.54. The standard InChI is InChI=1S/C24H28N2O6S/c1-6-32-18(27)12-17-13-33-21(26-17)20-19(22(28)30-4)14(2)25-15(3)24(20,23(29)31-5)16-10-8-7-9-11-16/h7-11,13,15,20,25H,6,12H2,1-5H3. The molecule has 176 valence electrons. The molecule has 1 aromatic carbocycles. The minimum absolute atomic E-state index is 0.00230. The summed E-state index contributed by atoms with van der Waals surface area (Å²) in [7, 11) is 2.63. The maximum atomic E-state index is 13.6. The average molecular weight is 473 g/mol. The predicted octanol–water partition coefficient (Wildman–Crippen LogP) is 2.88. The molecule has 0 saturated heterocycles. The first-order valence-electron chi connectivity index (χ1n) is 10.6. The Labute approximate surface area is 197 Å². The summed E-state index contributed by atoms with van der Waals surface area (Å²) in [6, 6.07) is 8.76. The van der Waals surface area contributed by atoms with E-state index in [-0.39, 0.29) is 13.0 Å². The number of ether oxygens (including phenoxy) is 3. The minimum Gasteiger partial charge on any atom is -0.468 e. The Hall–Kier alpha value is -3.20. The molecule has 33 heavy (non-hydrogen) atoms. The van der Waals surface area contributed by atoms with E-state index in [1.807, 2.05) is 37.3 Å². The van der Waals surface area contributed by atoms with Gasteiger partial charge in [-0.25, -0.2) is 9.78 Å². The van der Waals surface area contributed by atoms with Crippen molar-refractivity contribution in [2.75, 3.05) is 20.8 Å². The molecular weight excluding hydrogens is 444 g/mol. The fraction of sp³-hybridized carbons (Fsp3) is 0.417. The molecule has 0 aliphatic carbocycles. The van der Waals surface area contributed by atoms with Crippen LogP contribution in [0.25, 0.3) is 0 Å². The van der Waals surface area contributed by atoms with Gasteiger partial charge in [0.1, 0.15) is 10.4 Å². The highest BCUT2D eigenvalue weighted by Gasteiger charge is 2.59. The van der Waals surface area contributed by atoms with Gasteiger partial charge < -0.3 is 19.5 Å². The third-order valence-corrected chi connectivity index (χ3v) is 6.85. The first-order chi connectivity index (χ1) is 15.8. The summed E-state index contributed by atoms with van der Waals surface area (Å²) in [5.41, 5.74) is 0.767. The number of rotatable bonds is 7. The number of hydrogen-bond donors (Lipinski definition) is 1. The maximum Gasteiger partial charge on any atom is 0.336 e. The lowest BCUT2D eigenvalue weighted by Crippen LogP contribution is -2.60. The quantitative estimate of drug-likeness (QED) is 0.485. The van der Waals surface area contributed by atoms with Crippen LogP contribution in [-0.4, -0.2) is 49.8 Å². The molecule has 0 saturated carbocycles. The number of esters is 3. The topological polar surface area (TPSA) is 104 Å². The van der Waals surface area contributed by atoms with Crippen molar-refractivity contribution in [3.63, 3.8) is 0 Å². The molecule has 1 aliphatic rings. The van der Waals surface area contributed by atoms with Gasteiger partial charge >= 0.3 is 17.9 Å². The Bertz CT molecular complexity index is 1060. The molecule has 9 heteroatoms. The number of aromatic nitrogens is 1. The highest BCUT2D eigenvalue weighted by atomic mass is 32.1. The fourth-order valence-corrected chi connectivity index (χ4v) is 5.52. The van der Waals surface area contributed by atoms with E-state index in [4.69, 9.17) is 14.2 Å². The van der Waals surface area contributed by atoms with Crippen molar-refractivity contribution in [2.24, 2.45) is 0 Å². The number of thiazole rings is 1. The third kappa shape index (κ3) is 4.37. The van der Waals surface area contributed by atoms with Crippen molar-refractivity contribution in [1.82, 2.24) is 10.3 Å². The Morgan fingerprint density at radius 2 is 1.85 bits per heavy atom. The van der Waals surface area contributed by atoms with Crippen LogP contribution in [0, 0.1) is 0 Å². The number of methoxy groups -OCH3 is 2. The zero-order chi connectivity index (χ0) is 24.2. The van der Waals surface area contributed by atoms with Crippen molar-refractivity contribution in [3.05, 3.63) is 63.2 Å². The number of carbonyl (C=O) groups is 3. The molecule has 8 nitrogen and oxygen atoms in total. The summed E-state index contributed by atoms with van der Waals surface area (Å²) >= 11 is 1.28. The van der Waals surface area contributed by atoms with E-state index in [0.29, 0.717) is 27.5 Å². The van der Waals surface area contributed by atoms with Crippen molar-refractivity contribution in [2.45, 2.75) is 44.6 Å². The largest absolute Gasteiger partial charge is 0.468 e. The van der Waals surface area contributed by atoms with Gasteiger partial charge in [-0.2, -0.15) is 0 Å². The summed E-state index contributed by atoms with van der Waals surface area (Å²) in [6.07, 6.45) is -0.00230. The number of nitrogens with one attached hydrogen (secondary N) is 1. The lowest BCUT2D eigenvalue weighted by Gasteiger charge is -2.47. The van der Waals surface area contributed by atoms with E-state index < -0.39 is 35.3 Å². The Morgan fingerprint density at radius 3 is 2.45 bits per heavy atom. The first kappa shape index (κ1) is 24.4. The van der Waals surface area contributed by atoms with Gasteiger partial charge in [0.15, 0.2) is 0 Å². The zero-order valence-electron chi connectivity index (χ0n) is 19.3. The fourth-order valence-electron chi connectivity index (χ4n) is 4.52. The molecule has 0 spiro atoms. The van der Waals surface area contributed by atoms with Gasteiger partial charge in [-0.05, 0) is 26.3 Å². The third-order valence-electron chi connectivity index (χ3n) is 5.89. The maximum absolute atomic E-state index is 13.6. The molecular formula is C24H28N2O6S. The molecule has 3 unspecified atom stereocenters. The Morgan fingerprint density at radius 1 is 1.15 bits per heavy atom. The SMILES string of the molecule is CCOC(=O)Cc1csc(C2C(C(=O)OC)=C(C)NC(C)C2(C(=O)OC)c2ccccc2)n1. The normalized spacial score (nSPS) is 22.3. The van der Waals surface area contributed by atoms with Gasteiger partial charge in [0.05, 0.1) is 44.4 Å². The van der Waals surface area contributed by atoms with Crippen LogP contribution in [0.15, 0.2) is 47.0 Å². The van der Waals surface area contributed by atoms with Gasteiger partial charge in [-0.3, -0.25) is 9.59 Å². The lowest BCUT2D eigenvalue weighted by atomic mass is 9.61. The number of nitrogens with zero attached hydrogens (tertiary/aromatic N) is 1. The molecule has 2 heterocycles. The summed E-state index contributed by atoms with van der Waals surface area (Å²) in [5.74, 6) is -2.26. The molecule has 1 N–H and O–H groups in total. The van der Waals surface area contributed by atoms with Crippen LogP contribution in [0.1, 0.15) is 43.0 Å². The van der Waals surface area contributed by atoms with E-state index >= 15 is 0 Å². The molecule has 2 aromatic rings. The van der Waals surface area contributed by atoms with Crippen molar-refractivity contribution < 1.29 is 28.6 Å². The molecule has 1 aromatic heterocycles. The van der Waals surface area contributed by atoms with Gasteiger partial charge in [0, 0.05) is 17.1 Å². The molecule has 1 aliphatic heterocycles. The number of carbonyl (C=O) groups excluding carboxylic acids is 3. The monoisotopic (exact) mass is 472 g/mol. The van der Waals surface area contributed by atoms with Crippen LogP contribution >= 0.6 is 11.3 Å². The van der Waals surface area contributed by atoms with Crippen LogP contribution in [0.3, 0.4) is 0 Å². The molecule has 3 rings (SSSR count). The molecule has 0 radical (unpaired) electrons. The van der Waals surface area contributed by atoms with Gasteiger partial charge in [0.25, 0.3) is 0 Å². The second kappa shape index (κ2) is 10.2. The number of benzene rings is 1. The second-order valence-corrected chi connectivity index (χ2v) is 8.60. The summed E-state index contributed by atoms with van der Waals surface area (Å²) in [6.45, 7) is 5.66. The van der Waals surface area contributed by atoms with E-state index in [0.717, 1.165) is 0 Å². The molecule has 0 amide bonds. The van der Waals surface area contributed by atoms with Gasteiger partial charge in [-0.15, -0.1) is 11.3 Å². The lowest BCUT2D eigenvalue weighted by molar-refractivity contribution is -0.150. The Balaban J connectivity index is 2.27. The van der Waals surface area contributed by atoms with E-state index in [2.05, 4.69) is 10.3 Å². The summed E-state index contributed by atoms with van der Waals surface area (Å²) in [4.78, 5) is 43.2. The van der Waals surface area contributed by atoms with E-state index in [1.165, 1.54) is 25.6 Å². The minimum atomic E-state index is -1.31. The smallest absolute Gasteiger partial charge is 0.336 e. The second-order valence-electron chi connectivity index (χ2n) is 7.71. The Kier molecular flexibility index (Phi) is 7.53. The van der Waals surface area contributed by atoms with Crippen LogP contribution in [0.2, 0.25) is 0 Å². The zero-order valence-corrected chi connectivity index (χ0v) is 20.2. The van der Waals surface area contributed by atoms with Crippen LogP contribution in [0.4, 0.5) is 0 Å². The predicted molar refractivity (Wildman–Crippen MR) is 123 cm³/mol. The van der Waals surface area contributed by atoms with E-state index in [1.54, 1.807) is 19.2 Å². The average Bonchev–Trinajstić information content (AvgIpc) is 3.26. The van der Waals surface area contributed by atoms with Crippen LogP contribution in [0.5, 0.6) is 0 Å².